The maximum Gasteiger partial charge on any atom is 0.215 e. The molecule has 0 heterocycles. The first kappa shape index (κ1) is 18.4. The van der Waals surface area contributed by atoms with Gasteiger partial charge < -0.3 is 9.47 Å². The van der Waals surface area contributed by atoms with Crippen LogP contribution in [0.1, 0.15) is 17.2 Å². The number of rotatable bonds is 8. The largest absolute Gasteiger partial charge is 0.496 e. The van der Waals surface area contributed by atoms with Gasteiger partial charge in [0.2, 0.25) is 10.0 Å². The van der Waals surface area contributed by atoms with Gasteiger partial charge in [0, 0.05) is 19.2 Å². The molecule has 0 aromatic heterocycles. The summed E-state index contributed by atoms with van der Waals surface area (Å²) >= 11 is 0. The van der Waals surface area contributed by atoms with Crippen molar-refractivity contribution in [2.45, 2.75) is 11.9 Å². The summed E-state index contributed by atoms with van der Waals surface area (Å²) in [7, 11) is -0.522. The van der Waals surface area contributed by atoms with Crippen LogP contribution < -0.4 is 9.46 Å². The summed E-state index contributed by atoms with van der Waals surface area (Å²) in [6.45, 7) is 0.0698. The molecule has 0 fully saturated rings. The molecule has 5 nitrogen and oxygen atoms in total. The molecule has 24 heavy (non-hydrogen) atoms. The van der Waals surface area contributed by atoms with Crippen molar-refractivity contribution in [2.75, 3.05) is 20.8 Å². The topological polar surface area (TPSA) is 64.6 Å². The Morgan fingerprint density at radius 2 is 1.75 bits per heavy atom. The fourth-order valence-corrected chi connectivity index (χ4v) is 3.45. The van der Waals surface area contributed by atoms with E-state index in [0.29, 0.717) is 11.3 Å². The third kappa shape index (κ3) is 5.02. The lowest BCUT2D eigenvalue weighted by atomic mass is 10.1. The van der Waals surface area contributed by atoms with E-state index in [1.54, 1.807) is 13.2 Å². The summed E-state index contributed by atoms with van der Waals surface area (Å²) < 4.78 is 50.5. The second-order valence-corrected chi connectivity index (χ2v) is 7.01. The SMILES string of the molecule is COc1ccccc1C(CNS(=O)(=O)Cc1ccc(F)cc1)OC. The van der Waals surface area contributed by atoms with Gasteiger partial charge in [-0.1, -0.05) is 30.3 Å². The summed E-state index contributed by atoms with van der Waals surface area (Å²) in [6, 6.07) is 12.6. The van der Waals surface area contributed by atoms with E-state index in [-0.39, 0.29) is 12.3 Å². The van der Waals surface area contributed by atoms with Crippen LogP contribution >= 0.6 is 0 Å². The number of hydrogen-bond donors (Lipinski definition) is 1. The van der Waals surface area contributed by atoms with Crippen molar-refractivity contribution < 1.29 is 22.3 Å². The molecule has 0 aliphatic carbocycles. The molecule has 2 aromatic carbocycles. The molecule has 1 unspecified atom stereocenters. The number of benzene rings is 2. The number of nitrogens with one attached hydrogen (secondary N) is 1. The fourth-order valence-electron chi connectivity index (χ4n) is 2.31. The molecule has 0 aliphatic heterocycles. The van der Waals surface area contributed by atoms with Crippen LogP contribution in [0.3, 0.4) is 0 Å². The lowest BCUT2D eigenvalue weighted by Gasteiger charge is -2.19. The van der Waals surface area contributed by atoms with Crippen LogP contribution in [-0.4, -0.2) is 29.2 Å². The van der Waals surface area contributed by atoms with Gasteiger partial charge in [-0.05, 0) is 23.8 Å². The Morgan fingerprint density at radius 3 is 2.38 bits per heavy atom. The molecule has 0 spiro atoms. The molecule has 130 valence electrons. The number of para-hydroxylation sites is 1. The van der Waals surface area contributed by atoms with Crippen molar-refractivity contribution in [1.29, 1.82) is 0 Å². The van der Waals surface area contributed by atoms with Crippen LogP contribution in [0.25, 0.3) is 0 Å². The van der Waals surface area contributed by atoms with E-state index in [1.165, 1.54) is 31.4 Å². The van der Waals surface area contributed by atoms with Crippen molar-refractivity contribution in [2.24, 2.45) is 0 Å². The van der Waals surface area contributed by atoms with Gasteiger partial charge in [-0.15, -0.1) is 0 Å². The number of methoxy groups -OCH3 is 2. The number of hydrogen-bond acceptors (Lipinski definition) is 4. The molecular weight excluding hydrogens is 333 g/mol. The van der Waals surface area contributed by atoms with Crippen LogP contribution in [-0.2, 0) is 20.5 Å². The minimum atomic E-state index is -3.57. The Balaban J connectivity index is 2.05. The molecule has 1 N–H and O–H groups in total. The van der Waals surface area contributed by atoms with Crippen molar-refractivity contribution in [3.05, 3.63) is 65.5 Å². The molecule has 0 bridgehead atoms. The number of sulfonamides is 1. The van der Waals surface area contributed by atoms with E-state index in [1.807, 2.05) is 18.2 Å². The lowest BCUT2D eigenvalue weighted by molar-refractivity contribution is 0.105. The number of halogens is 1. The van der Waals surface area contributed by atoms with Gasteiger partial charge in [-0.25, -0.2) is 17.5 Å². The first-order valence-corrected chi connectivity index (χ1v) is 8.98. The molecular formula is C17H20FNO4S. The molecule has 0 radical (unpaired) electrons. The monoisotopic (exact) mass is 353 g/mol. The second-order valence-electron chi connectivity index (χ2n) is 5.20. The Morgan fingerprint density at radius 1 is 1.08 bits per heavy atom. The summed E-state index contributed by atoms with van der Waals surface area (Å²) in [5.74, 6) is -0.00265. The average molecular weight is 353 g/mol. The highest BCUT2D eigenvalue weighted by atomic mass is 32.2. The summed E-state index contributed by atoms with van der Waals surface area (Å²) in [6.07, 6.45) is -0.482. The zero-order chi connectivity index (χ0) is 17.6. The van der Waals surface area contributed by atoms with Gasteiger partial charge in [0.1, 0.15) is 11.6 Å². The quantitative estimate of drug-likeness (QED) is 0.792. The Bertz CT molecular complexity index is 762. The summed E-state index contributed by atoms with van der Waals surface area (Å²) in [5, 5.41) is 0. The van der Waals surface area contributed by atoms with Gasteiger partial charge >= 0.3 is 0 Å². The summed E-state index contributed by atoms with van der Waals surface area (Å²) in [5.41, 5.74) is 1.27. The zero-order valence-electron chi connectivity index (χ0n) is 13.5. The van der Waals surface area contributed by atoms with Crippen molar-refractivity contribution in [3.63, 3.8) is 0 Å². The zero-order valence-corrected chi connectivity index (χ0v) is 14.3. The molecule has 0 saturated heterocycles. The smallest absolute Gasteiger partial charge is 0.215 e. The van der Waals surface area contributed by atoms with Gasteiger partial charge in [0.25, 0.3) is 0 Å². The van der Waals surface area contributed by atoms with Crippen molar-refractivity contribution >= 4 is 10.0 Å². The lowest BCUT2D eigenvalue weighted by Crippen LogP contribution is -2.30. The molecule has 1 atom stereocenters. The normalized spacial score (nSPS) is 12.8. The highest BCUT2D eigenvalue weighted by Crippen LogP contribution is 2.26. The Hall–Kier alpha value is -1.96. The highest BCUT2D eigenvalue weighted by Gasteiger charge is 2.19. The highest BCUT2D eigenvalue weighted by molar-refractivity contribution is 7.88. The minimum absolute atomic E-state index is 0.0698. The predicted octanol–water partition coefficient (Wildman–Crippen LogP) is 2.64. The second kappa shape index (κ2) is 8.23. The van der Waals surface area contributed by atoms with Crippen LogP contribution in [0.4, 0.5) is 4.39 Å². The maximum absolute atomic E-state index is 12.9. The maximum atomic E-state index is 12.9. The fraction of sp³-hybridized carbons (Fsp3) is 0.294. The van der Waals surface area contributed by atoms with Crippen LogP contribution in [0.5, 0.6) is 5.75 Å². The van der Waals surface area contributed by atoms with Gasteiger partial charge in [-0.2, -0.15) is 0 Å². The first-order valence-electron chi connectivity index (χ1n) is 7.32. The number of ether oxygens (including phenoxy) is 2. The van der Waals surface area contributed by atoms with Gasteiger partial charge in [-0.3, -0.25) is 0 Å². The standard InChI is InChI=1S/C17H20FNO4S/c1-22-16-6-4-3-5-15(16)17(23-2)11-19-24(20,21)12-13-7-9-14(18)10-8-13/h3-10,17,19H,11-12H2,1-2H3. The van der Waals surface area contributed by atoms with E-state index < -0.39 is 21.9 Å². The van der Waals surface area contributed by atoms with Crippen LogP contribution in [0.2, 0.25) is 0 Å². The minimum Gasteiger partial charge on any atom is -0.496 e. The molecule has 0 amide bonds. The van der Waals surface area contributed by atoms with E-state index >= 15 is 0 Å². The van der Waals surface area contributed by atoms with Crippen molar-refractivity contribution in [3.8, 4) is 5.75 Å². The third-order valence-electron chi connectivity index (χ3n) is 3.53. The Kier molecular flexibility index (Phi) is 6.30. The van der Waals surface area contributed by atoms with Gasteiger partial charge in [0.05, 0.1) is 19.0 Å². The molecule has 0 aliphatic rings. The Labute approximate surface area is 141 Å². The molecule has 2 aromatic rings. The van der Waals surface area contributed by atoms with Crippen LogP contribution in [0.15, 0.2) is 48.5 Å². The predicted molar refractivity (Wildman–Crippen MR) is 89.8 cm³/mol. The molecule has 2 rings (SSSR count). The van der Waals surface area contributed by atoms with E-state index in [2.05, 4.69) is 4.72 Å². The first-order chi connectivity index (χ1) is 11.4. The molecule has 7 heteroatoms. The van der Waals surface area contributed by atoms with Crippen molar-refractivity contribution in [1.82, 2.24) is 4.72 Å². The van der Waals surface area contributed by atoms with E-state index in [0.717, 1.165) is 5.56 Å². The van der Waals surface area contributed by atoms with Gasteiger partial charge in [0.15, 0.2) is 0 Å². The summed E-state index contributed by atoms with van der Waals surface area (Å²) in [4.78, 5) is 0. The van der Waals surface area contributed by atoms with E-state index in [4.69, 9.17) is 9.47 Å². The third-order valence-corrected chi connectivity index (χ3v) is 4.85. The van der Waals surface area contributed by atoms with E-state index in [9.17, 15) is 12.8 Å². The average Bonchev–Trinajstić information content (AvgIpc) is 2.57. The molecule has 0 saturated carbocycles. The van der Waals surface area contributed by atoms with Crippen LogP contribution in [0, 0.1) is 5.82 Å².